The van der Waals surface area contributed by atoms with Gasteiger partial charge in [-0.3, -0.25) is 4.79 Å². The van der Waals surface area contributed by atoms with Crippen molar-refractivity contribution < 1.29 is 17.6 Å². The Balaban J connectivity index is 1.46. The molecule has 1 fully saturated rings. The maximum Gasteiger partial charge on any atom is 0.287 e. The monoisotopic (exact) mass is 412 g/mol. The first-order valence-electron chi connectivity index (χ1n) is 9.67. The van der Waals surface area contributed by atoms with Crippen molar-refractivity contribution in [1.29, 1.82) is 0 Å². The van der Waals surface area contributed by atoms with Gasteiger partial charge in [0, 0.05) is 42.5 Å². The molecule has 1 N–H and O–H groups in total. The largest absolute Gasteiger partial charge is 0.451 e. The molecule has 0 radical (unpaired) electrons. The summed E-state index contributed by atoms with van der Waals surface area (Å²) in [6, 6.07) is 17.4. The number of carbonyl (C=O) groups excluding carboxylic acids is 1. The van der Waals surface area contributed by atoms with Crippen molar-refractivity contribution in [2.75, 3.05) is 30.8 Å². The Labute approximate surface area is 170 Å². The molecule has 0 aliphatic carbocycles. The van der Waals surface area contributed by atoms with E-state index in [1.807, 2.05) is 24.3 Å². The molecule has 4 rings (SSSR count). The van der Waals surface area contributed by atoms with E-state index in [1.54, 1.807) is 18.2 Å². The second-order valence-electron chi connectivity index (χ2n) is 7.62. The predicted molar refractivity (Wildman–Crippen MR) is 114 cm³/mol. The minimum atomic E-state index is -3.31. The maximum atomic E-state index is 12.8. The van der Waals surface area contributed by atoms with Crippen LogP contribution in [0.25, 0.3) is 11.0 Å². The third kappa shape index (κ3) is 4.45. The molecule has 1 atom stereocenters. The Morgan fingerprint density at radius 2 is 1.86 bits per heavy atom. The van der Waals surface area contributed by atoms with Gasteiger partial charge >= 0.3 is 0 Å². The Hall–Kier alpha value is -2.80. The van der Waals surface area contributed by atoms with Gasteiger partial charge in [0.2, 0.25) is 0 Å². The summed E-state index contributed by atoms with van der Waals surface area (Å²) in [7, 11) is -3.31. The molecule has 0 spiro atoms. The van der Waals surface area contributed by atoms with Gasteiger partial charge in [-0.1, -0.05) is 36.4 Å². The van der Waals surface area contributed by atoms with Gasteiger partial charge in [0.1, 0.15) is 5.58 Å². The highest BCUT2D eigenvalue weighted by atomic mass is 32.2. The fourth-order valence-electron chi connectivity index (χ4n) is 3.88. The van der Waals surface area contributed by atoms with E-state index in [1.165, 1.54) is 5.69 Å². The number of sulfone groups is 1. The first-order valence-corrected chi connectivity index (χ1v) is 11.7. The van der Waals surface area contributed by atoms with Crippen molar-refractivity contribution in [3.8, 4) is 0 Å². The zero-order valence-corrected chi connectivity index (χ0v) is 17.1. The minimum Gasteiger partial charge on any atom is -0.451 e. The van der Waals surface area contributed by atoms with Crippen molar-refractivity contribution in [3.63, 3.8) is 0 Å². The summed E-state index contributed by atoms with van der Waals surface area (Å²) in [5.74, 6) is -0.160. The van der Waals surface area contributed by atoms with Crippen molar-refractivity contribution >= 4 is 32.4 Å². The van der Waals surface area contributed by atoms with Crippen LogP contribution in [0.3, 0.4) is 0 Å². The lowest BCUT2D eigenvalue weighted by Crippen LogP contribution is -2.31. The van der Waals surface area contributed by atoms with E-state index < -0.39 is 9.84 Å². The van der Waals surface area contributed by atoms with Crippen LogP contribution >= 0.6 is 0 Å². The first-order chi connectivity index (χ1) is 13.9. The van der Waals surface area contributed by atoms with Crippen LogP contribution in [0.4, 0.5) is 5.69 Å². The molecule has 1 amide bonds. The van der Waals surface area contributed by atoms with E-state index >= 15 is 0 Å². The van der Waals surface area contributed by atoms with Crippen LogP contribution in [-0.2, 0) is 15.6 Å². The second kappa shape index (κ2) is 7.91. The van der Waals surface area contributed by atoms with Gasteiger partial charge in [-0.2, -0.15) is 0 Å². The number of amides is 1. The van der Waals surface area contributed by atoms with E-state index in [9.17, 15) is 13.2 Å². The van der Waals surface area contributed by atoms with Crippen LogP contribution in [-0.4, -0.2) is 40.2 Å². The van der Waals surface area contributed by atoms with E-state index in [2.05, 4.69) is 22.3 Å². The summed E-state index contributed by atoms with van der Waals surface area (Å²) < 4.78 is 29.5. The lowest BCUT2D eigenvalue weighted by molar-refractivity contribution is 0.0921. The number of furan rings is 1. The lowest BCUT2D eigenvalue weighted by atomic mass is 10.1. The van der Waals surface area contributed by atoms with Crippen molar-refractivity contribution in [3.05, 3.63) is 65.9 Å². The highest BCUT2D eigenvalue weighted by Crippen LogP contribution is 2.28. The summed E-state index contributed by atoms with van der Waals surface area (Å²) in [5, 5.41) is 3.61. The SMILES string of the molecule is CS(=O)(=O)Cc1c(C(=O)NCC2CCN(c3ccccc3)C2)oc2ccccc12. The number of hydrogen-bond acceptors (Lipinski definition) is 5. The van der Waals surface area contributed by atoms with E-state index in [0.29, 0.717) is 29.0 Å². The van der Waals surface area contributed by atoms with Crippen LogP contribution in [0.5, 0.6) is 0 Å². The predicted octanol–water partition coefficient (Wildman–Crippen LogP) is 3.23. The molecular weight excluding hydrogens is 388 g/mol. The van der Waals surface area contributed by atoms with Crippen LogP contribution in [0.1, 0.15) is 22.5 Å². The lowest BCUT2D eigenvalue weighted by Gasteiger charge is -2.18. The third-order valence-corrected chi connectivity index (χ3v) is 6.08. The molecule has 1 unspecified atom stereocenters. The smallest absolute Gasteiger partial charge is 0.287 e. The molecule has 0 saturated carbocycles. The third-order valence-electron chi connectivity index (χ3n) is 5.27. The van der Waals surface area contributed by atoms with Gasteiger partial charge in [-0.05, 0) is 30.5 Å². The van der Waals surface area contributed by atoms with Crippen LogP contribution < -0.4 is 10.2 Å². The molecule has 152 valence electrons. The molecule has 29 heavy (non-hydrogen) atoms. The number of nitrogens with one attached hydrogen (secondary N) is 1. The quantitative estimate of drug-likeness (QED) is 0.672. The number of para-hydroxylation sites is 2. The first kappa shape index (κ1) is 19.5. The molecule has 3 aromatic rings. The molecular formula is C22H24N2O4S. The minimum absolute atomic E-state index is 0.0922. The van der Waals surface area contributed by atoms with Gasteiger partial charge in [-0.25, -0.2) is 8.42 Å². The summed E-state index contributed by atoms with van der Waals surface area (Å²) in [6.45, 7) is 2.35. The van der Waals surface area contributed by atoms with E-state index in [-0.39, 0.29) is 17.4 Å². The number of anilines is 1. The summed E-state index contributed by atoms with van der Waals surface area (Å²) in [6.07, 6.45) is 2.15. The maximum absolute atomic E-state index is 12.8. The number of carbonyl (C=O) groups is 1. The molecule has 1 aliphatic rings. The number of hydrogen-bond donors (Lipinski definition) is 1. The summed E-state index contributed by atoms with van der Waals surface area (Å²) in [5.41, 5.74) is 2.14. The molecule has 1 aromatic heterocycles. The average Bonchev–Trinajstić information content (AvgIpc) is 3.31. The van der Waals surface area contributed by atoms with Crippen LogP contribution in [0.2, 0.25) is 0 Å². The molecule has 1 saturated heterocycles. The second-order valence-corrected chi connectivity index (χ2v) is 9.76. The topological polar surface area (TPSA) is 79.6 Å². The van der Waals surface area contributed by atoms with Gasteiger partial charge in [0.25, 0.3) is 5.91 Å². The fourth-order valence-corrected chi connectivity index (χ4v) is 4.69. The number of nitrogens with zero attached hydrogens (tertiary/aromatic N) is 1. The number of benzene rings is 2. The van der Waals surface area contributed by atoms with Crippen molar-refractivity contribution in [2.24, 2.45) is 5.92 Å². The molecule has 1 aliphatic heterocycles. The molecule has 0 bridgehead atoms. The standard InChI is InChI=1S/C22H24N2O4S/c1-29(26,27)15-19-18-9-5-6-10-20(18)28-21(19)22(25)23-13-16-11-12-24(14-16)17-7-3-2-4-8-17/h2-10,16H,11-15H2,1H3,(H,23,25). The average molecular weight is 413 g/mol. The normalized spacial score (nSPS) is 17.0. The highest BCUT2D eigenvalue weighted by molar-refractivity contribution is 7.89. The highest BCUT2D eigenvalue weighted by Gasteiger charge is 2.26. The number of fused-ring (bicyclic) bond motifs is 1. The zero-order chi connectivity index (χ0) is 20.4. The Morgan fingerprint density at radius 1 is 1.14 bits per heavy atom. The van der Waals surface area contributed by atoms with Gasteiger partial charge < -0.3 is 14.6 Å². The molecule has 6 nitrogen and oxygen atoms in total. The molecule has 2 heterocycles. The van der Waals surface area contributed by atoms with E-state index in [0.717, 1.165) is 25.8 Å². The number of rotatable bonds is 6. The van der Waals surface area contributed by atoms with Gasteiger partial charge in [0.15, 0.2) is 15.6 Å². The van der Waals surface area contributed by atoms with E-state index in [4.69, 9.17) is 4.42 Å². The van der Waals surface area contributed by atoms with Crippen LogP contribution in [0.15, 0.2) is 59.0 Å². The van der Waals surface area contributed by atoms with Crippen molar-refractivity contribution in [1.82, 2.24) is 5.32 Å². The molecule has 2 aromatic carbocycles. The Bertz CT molecular complexity index is 1120. The van der Waals surface area contributed by atoms with Crippen LogP contribution in [0, 0.1) is 5.92 Å². The van der Waals surface area contributed by atoms with Crippen molar-refractivity contribution in [2.45, 2.75) is 12.2 Å². The Kier molecular flexibility index (Phi) is 5.32. The zero-order valence-electron chi connectivity index (χ0n) is 16.3. The fraction of sp³-hybridized carbons (Fsp3) is 0.318. The summed E-state index contributed by atoms with van der Waals surface area (Å²) in [4.78, 5) is 15.1. The van der Waals surface area contributed by atoms with Gasteiger partial charge in [0.05, 0.1) is 5.75 Å². The molecule has 7 heteroatoms. The Morgan fingerprint density at radius 3 is 2.62 bits per heavy atom. The summed E-state index contributed by atoms with van der Waals surface area (Å²) >= 11 is 0. The van der Waals surface area contributed by atoms with Gasteiger partial charge in [-0.15, -0.1) is 0 Å².